The Bertz CT molecular complexity index is 548. The molecule has 0 aliphatic heterocycles. The molecule has 7 nitrogen and oxygen atoms in total. The lowest BCUT2D eigenvalue weighted by Gasteiger charge is -2.06. The smallest absolute Gasteiger partial charge is 0.330 e. The van der Waals surface area contributed by atoms with Crippen LogP contribution in [0.2, 0.25) is 0 Å². The fraction of sp³-hybridized carbons (Fsp3) is 0.182. The summed E-state index contributed by atoms with van der Waals surface area (Å²) in [5, 5.41) is 0. The SMILES string of the molecule is COc1cccc(Oc2nc(N)nc(OC)n2)c1. The van der Waals surface area contributed by atoms with Gasteiger partial charge in [-0.2, -0.15) is 9.97 Å². The Kier molecular flexibility index (Phi) is 3.42. The Hall–Kier alpha value is -2.57. The molecule has 2 N–H and O–H groups in total. The van der Waals surface area contributed by atoms with Crippen LogP contribution in [0.15, 0.2) is 24.3 Å². The van der Waals surface area contributed by atoms with Gasteiger partial charge in [0.1, 0.15) is 11.5 Å². The average molecular weight is 248 g/mol. The maximum absolute atomic E-state index is 5.50. The number of rotatable bonds is 4. The number of anilines is 1. The highest BCUT2D eigenvalue weighted by Crippen LogP contribution is 2.23. The van der Waals surface area contributed by atoms with Crippen molar-refractivity contribution in [1.82, 2.24) is 15.0 Å². The van der Waals surface area contributed by atoms with Crippen molar-refractivity contribution in [3.8, 4) is 23.5 Å². The number of aromatic nitrogens is 3. The Labute approximate surface area is 104 Å². The average Bonchev–Trinajstić information content (AvgIpc) is 2.38. The van der Waals surface area contributed by atoms with E-state index >= 15 is 0 Å². The van der Waals surface area contributed by atoms with Gasteiger partial charge in [0.15, 0.2) is 0 Å². The molecule has 2 rings (SSSR count). The van der Waals surface area contributed by atoms with Gasteiger partial charge in [0.2, 0.25) is 5.95 Å². The standard InChI is InChI=1S/C11H12N4O3/c1-16-7-4-3-5-8(6-7)18-11-14-9(12)13-10(15-11)17-2/h3-6H,1-2H3,(H2,12,13,14,15). The normalized spacial score (nSPS) is 9.89. The highest BCUT2D eigenvalue weighted by molar-refractivity contribution is 5.34. The molecule has 0 saturated carbocycles. The molecule has 0 unspecified atom stereocenters. The zero-order valence-electron chi connectivity index (χ0n) is 9.95. The van der Waals surface area contributed by atoms with Gasteiger partial charge in [0.25, 0.3) is 0 Å². The van der Waals surface area contributed by atoms with Gasteiger partial charge in [-0.15, -0.1) is 4.98 Å². The van der Waals surface area contributed by atoms with Crippen LogP contribution in [0.5, 0.6) is 23.5 Å². The third-order valence-corrected chi connectivity index (χ3v) is 2.04. The van der Waals surface area contributed by atoms with E-state index in [9.17, 15) is 0 Å². The number of benzene rings is 1. The van der Waals surface area contributed by atoms with Gasteiger partial charge in [0, 0.05) is 6.07 Å². The summed E-state index contributed by atoms with van der Waals surface area (Å²) >= 11 is 0. The van der Waals surface area contributed by atoms with Gasteiger partial charge in [-0.05, 0) is 12.1 Å². The largest absolute Gasteiger partial charge is 0.497 e. The van der Waals surface area contributed by atoms with Crippen molar-refractivity contribution in [2.24, 2.45) is 0 Å². The second kappa shape index (κ2) is 5.17. The third kappa shape index (κ3) is 2.76. The van der Waals surface area contributed by atoms with Crippen LogP contribution >= 0.6 is 0 Å². The summed E-state index contributed by atoms with van der Waals surface area (Å²) in [6.07, 6.45) is 0. The highest BCUT2D eigenvalue weighted by atomic mass is 16.5. The summed E-state index contributed by atoms with van der Waals surface area (Å²) in [6, 6.07) is 7.19. The summed E-state index contributed by atoms with van der Waals surface area (Å²) in [7, 11) is 3.01. The van der Waals surface area contributed by atoms with Crippen LogP contribution in [-0.4, -0.2) is 29.2 Å². The maximum atomic E-state index is 5.50. The first kappa shape index (κ1) is 11.9. The van der Waals surface area contributed by atoms with E-state index in [4.69, 9.17) is 19.9 Å². The monoisotopic (exact) mass is 248 g/mol. The van der Waals surface area contributed by atoms with Gasteiger partial charge in [-0.3, -0.25) is 0 Å². The lowest BCUT2D eigenvalue weighted by Crippen LogP contribution is -2.02. The van der Waals surface area contributed by atoms with E-state index in [2.05, 4.69) is 15.0 Å². The number of hydrogen-bond acceptors (Lipinski definition) is 7. The molecule has 0 aliphatic carbocycles. The zero-order valence-corrected chi connectivity index (χ0v) is 9.95. The molecule has 1 aromatic carbocycles. The van der Waals surface area contributed by atoms with Crippen molar-refractivity contribution in [3.05, 3.63) is 24.3 Å². The van der Waals surface area contributed by atoms with Gasteiger partial charge in [-0.25, -0.2) is 0 Å². The first-order valence-corrected chi connectivity index (χ1v) is 5.08. The molecule has 0 amide bonds. The van der Waals surface area contributed by atoms with Crippen LogP contribution in [0, 0.1) is 0 Å². The van der Waals surface area contributed by atoms with Crippen LogP contribution in [0.3, 0.4) is 0 Å². The topological polar surface area (TPSA) is 92.4 Å². The Morgan fingerprint density at radius 1 is 0.944 bits per heavy atom. The van der Waals surface area contributed by atoms with Crippen molar-refractivity contribution >= 4 is 5.95 Å². The van der Waals surface area contributed by atoms with Crippen molar-refractivity contribution in [1.29, 1.82) is 0 Å². The summed E-state index contributed by atoms with van der Waals surface area (Å²) in [5.74, 6) is 1.23. The molecule has 94 valence electrons. The van der Waals surface area contributed by atoms with Crippen molar-refractivity contribution in [3.63, 3.8) is 0 Å². The molecular formula is C11H12N4O3. The number of hydrogen-bond donors (Lipinski definition) is 1. The summed E-state index contributed by atoms with van der Waals surface area (Å²) in [4.78, 5) is 11.5. The summed E-state index contributed by atoms with van der Waals surface area (Å²) in [5.41, 5.74) is 5.50. The van der Waals surface area contributed by atoms with Crippen LogP contribution in [-0.2, 0) is 0 Å². The first-order valence-electron chi connectivity index (χ1n) is 5.08. The predicted octanol–water partition coefficient (Wildman–Crippen LogP) is 1.26. The van der Waals surface area contributed by atoms with Gasteiger partial charge in [0.05, 0.1) is 14.2 Å². The number of nitrogens with two attached hydrogens (primary N) is 1. The molecule has 0 fully saturated rings. The first-order chi connectivity index (χ1) is 8.71. The number of nitrogens with zero attached hydrogens (tertiary/aromatic N) is 3. The van der Waals surface area contributed by atoms with Crippen molar-refractivity contribution in [2.75, 3.05) is 20.0 Å². The number of ether oxygens (including phenoxy) is 3. The van der Waals surface area contributed by atoms with E-state index in [1.54, 1.807) is 31.4 Å². The summed E-state index contributed by atoms with van der Waals surface area (Å²) < 4.78 is 15.4. The summed E-state index contributed by atoms with van der Waals surface area (Å²) in [6.45, 7) is 0. The quantitative estimate of drug-likeness (QED) is 0.870. The predicted molar refractivity (Wildman–Crippen MR) is 63.9 cm³/mol. The lowest BCUT2D eigenvalue weighted by atomic mass is 10.3. The molecule has 2 aromatic rings. The second-order valence-electron chi connectivity index (χ2n) is 3.24. The second-order valence-corrected chi connectivity index (χ2v) is 3.24. The number of nitrogen functional groups attached to an aromatic ring is 1. The van der Waals surface area contributed by atoms with E-state index in [1.165, 1.54) is 7.11 Å². The van der Waals surface area contributed by atoms with Crippen LogP contribution < -0.4 is 19.9 Å². The minimum atomic E-state index is 0.0275. The van der Waals surface area contributed by atoms with Gasteiger partial charge < -0.3 is 19.9 Å². The van der Waals surface area contributed by atoms with Gasteiger partial charge >= 0.3 is 12.0 Å². The molecule has 18 heavy (non-hydrogen) atoms. The molecule has 0 atom stereocenters. The highest BCUT2D eigenvalue weighted by Gasteiger charge is 2.07. The molecule has 1 aromatic heterocycles. The van der Waals surface area contributed by atoms with Crippen LogP contribution in [0.1, 0.15) is 0 Å². The zero-order chi connectivity index (χ0) is 13.0. The molecule has 0 radical (unpaired) electrons. The van der Waals surface area contributed by atoms with Crippen LogP contribution in [0.25, 0.3) is 0 Å². The lowest BCUT2D eigenvalue weighted by molar-refractivity contribution is 0.359. The minimum Gasteiger partial charge on any atom is -0.497 e. The fourth-order valence-electron chi connectivity index (χ4n) is 1.26. The molecule has 0 spiro atoms. The molecular weight excluding hydrogens is 236 g/mol. The van der Waals surface area contributed by atoms with E-state index in [0.717, 1.165) is 0 Å². The Balaban J connectivity index is 2.24. The number of methoxy groups -OCH3 is 2. The molecule has 0 saturated heterocycles. The van der Waals surface area contributed by atoms with Gasteiger partial charge in [-0.1, -0.05) is 6.07 Å². The Morgan fingerprint density at radius 3 is 2.39 bits per heavy atom. The van der Waals surface area contributed by atoms with E-state index in [-0.39, 0.29) is 18.0 Å². The molecule has 7 heteroatoms. The molecule has 1 heterocycles. The van der Waals surface area contributed by atoms with Crippen molar-refractivity contribution in [2.45, 2.75) is 0 Å². The third-order valence-electron chi connectivity index (χ3n) is 2.04. The fourth-order valence-corrected chi connectivity index (χ4v) is 1.26. The van der Waals surface area contributed by atoms with E-state index < -0.39 is 0 Å². The Morgan fingerprint density at radius 2 is 1.67 bits per heavy atom. The van der Waals surface area contributed by atoms with Crippen molar-refractivity contribution < 1.29 is 14.2 Å². The maximum Gasteiger partial charge on any atom is 0.330 e. The minimum absolute atomic E-state index is 0.0275. The van der Waals surface area contributed by atoms with E-state index in [0.29, 0.717) is 11.5 Å². The van der Waals surface area contributed by atoms with E-state index in [1.807, 2.05) is 0 Å². The molecule has 0 aliphatic rings. The van der Waals surface area contributed by atoms with Crippen LogP contribution in [0.4, 0.5) is 5.95 Å². The molecule has 0 bridgehead atoms.